The third-order valence-electron chi connectivity index (χ3n) is 4.25. The minimum atomic E-state index is -0.167. The van der Waals surface area contributed by atoms with E-state index in [-0.39, 0.29) is 5.91 Å². The van der Waals surface area contributed by atoms with E-state index in [0.717, 1.165) is 11.9 Å². The number of hydrogen-bond donors (Lipinski definition) is 2. The van der Waals surface area contributed by atoms with Gasteiger partial charge in [0.15, 0.2) is 5.58 Å². The number of aryl methyl sites for hydroxylation is 2. The summed E-state index contributed by atoms with van der Waals surface area (Å²) >= 11 is 1.68. The maximum Gasteiger partial charge on any atom is 0.302 e. The molecule has 28 heavy (non-hydrogen) atoms. The molecule has 0 unspecified atom stereocenters. The molecular weight excluding hydrogens is 374 g/mol. The van der Waals surface area contributed by atoms with E-state index < -0.39 is 0 Å². The minimum Gasteiger partial charge on any atom is -0.423 e. The van der Waals surface area contributed by atoms with E-state index in [1.807, 2.05) is 35.7 Å². The van der Waals surface area contributed by atoms with Gasteiger partial charge in [0.2, 0.25) is 5.95 Å². The number of carbonyl (C=O) groups excluding carboxylic acids is 1. The second-order valence-corrected chi connectivity index (χ2v) is 7.32. The molecular formula is C20H19N5O2S. The SMILES string of the molecule is Cc1nc(Nc2nc3ccccc3o2)nc(C)c1C(=O)NCCc1cccs1. The van der Waals surface area contributed by atoms with Crippen LogP contribution in [0.25, 0.3) is 11.1 Å². The number of benzene rings is 1. The van der Waals surface area contributed by atoms with Gasteiger partial charge in [-0.1, -0.05) is 18.2 Å². The molecule has 3 heterocycles. The van der Waals surface area contributed by atoms with Crippen LogP contribution in [-0.4, -0.2) is 27.4 Å². The summed E-state index contributed by atoms with van der Waals surface area (Å²) < 4.78 is 5.64. The number of carbonyl (C=O) groups is 1. The number of aromatic nitrogens is 3. The number of anilines is 2. The first-order chi connectivity index (χ1) is 13.6. The summed E-state index contributed by atoms with van der Waals surface area (Å²) in [6, 6.07) is 11.9. The highest BCUT2D eigenvalue weighted by Gasteiger charge is 2.17. The molecule has 0 aliphatic carbocycles. The fraction of sp³-hybridized carbons (Fsp3) is 0.200. The van der Waals surface area contributed by atoms with E-state index in [9.17, 15) is 4.79 Å². The van der Waals surface area contributed by atoms with E-state index in [1.54, 1.807) is 25.2 Å². The lowest BCUT2D eigenvalue weighted by Crippen LogP contribution is -2.27. The summed E-state index contributed by atoms with van der Waals surface area (Å²) in [5, 5.41) is 7.94. The average Bonchev–Trinajstić information content (AvgIpc) is 3.30. The van der Waals surface area contributed by atoms with Crippen LogP contribution >= 0.6 is 11.3 Å². The molecule has 0 saturated heterocycles. The summed E-state index contributed by atoms with van der Waals surface area (Å²) in [4.78, 5) is 27.0. The van der Waals surface area contributed by atoms with Crippen molar-refractivity contribution in [3.05, 3.63) is 63.6 Å². The molecule has 0 bridgehead atoms. The summed E-state index contributed by atoms with van der Waals surface area (Å²) in [7, 11) is 0. The van der Waals surface area contributed by atoms with Gasteiger partial charge in [0.1, 0.15) is 5.52 Å². The molecule has 0 saturated carbocycles. The molecule has 0 atom stereocenters. The number of oxazole rings is 1. The topological polar surface area (TPSA) is 92.9 Å². The molecule has 4 aromatic rings. The van der Waals surface area contributed by atoms with Crippen molar-refractivity contribution in [1.82, 2.24) is 20.3 Å². The zero-order valence-electron chi connectivity index (χ0n) is 15.5. The Morgan fingerprint density at radius 3 is 2.57 bits per heavy atom. The number of thiophene rings is 1. The lowest BCUT2D eigenvalue weighted by molar-refractivity contribution is 0.0952. The first kappa shape index (κ1) is 18.1. The van der Waals surface area contributed by atoms with Gasteiger partial charge >= 0.3 is 6.01 Å². The summed E-state index contributed by atoms with van der Waals surface area (Å²) in [5.74, 6) is 0.177. The Balaban J connectivity index is 1.47. The minimum absolute atomic E-state index is 0.167. The Bertz CT molecular complexity index is 1060. The van der Waals surface area contributed by atoms with E-state index >= 15 is 0 Å². The molecule has 2 N–H and O–H groups in total. The first-order valence-electron chi connectivity index (χ1n) is 8.88. The van der Waals surface area contributed by atoms with Crippen LogP contribution in [-0.2, 0) is 6.42 Å². The number of rotatable bonds is 6. The zero-order valence-corrected chi connectivity index (χ0v) is 16.3. The van der Waals surface area contributed by atoms with Crippen LogP contribution in [0.15, 0.2) is 46.2 Å². The molecule has 4 rings (SSSR count). The molecule has 1 aromatic carbocycles. The molecule has 0 aliphatic rings. The van der Waals surface area contributed by atoms with Crippen LogP contribution in [0, 0.1) is 13.8 Å². The quantitative estimate of drug-likeness (QED) is 0.514. The van der Waals surface area contributed by atoms with Crippen molar-refractivity contribution in [2.45, 2.75) is 20.3 Å². The Hall–Kier alpha value is -3.26. The Labute approximate surface area is 165 Å². The second-order valence-electron chi connectivity index (χ2n) is 6.29. The van der Waals surface area contributed by atoms with Gasteiger partial charge in [0.05, 0.1) is 17.0 Å². The Morgan fingerprint density at radius 1 is 1.07 bits per heavy atom. The Morgan fingerprint density at radius 2 is 1.86 bits per heavy atom. The molecule has 0 radical (unpaired) electrons. The van der Waals surface area contributed by atoms with Gasteiger partial charge in [0, 0.05) is 11.4 Å². The first-order valence-corrected chi connectivity index (χ1v) is 9.76. The molecule has 8 heteroatoms. The number of para-hydroxylation sites is 2. The monoisotopic (exact) mass is 393 g/mol. The van der Waals surface area contributed by atoms with Crippen molar-refractivity contribution >= 4 is 40.3 Å². The molecule has 0 spiro atoms. The third-order valence-corrected chi connectivity index (χ3v) is 5.18. The van der Waals surface area contributed by atoms with Gasteiger partial charge in [-0.05, 0) is 43.8 Å². The normalized spacial score (nSPS) is 10.9. The summed E-state index contributed by atoms with van der Waals surface area (Å²) in [6.07, 6.45) is 0.805. The fourth-order valence-corrected chi connectivity index (χ4v) is 3.67. The highest BCUT2D eigenvalue weighted by atomic mass is 32.1. The van der Waals surface area contributed by atoms with Crippen LogP contribution in [0.2, 0.25) is 0 Å². The van der Waals surface area contributed by atoms with Crippen molar-refractivity contribution < 1.29 is 9.21 Å². The lowest BCUT2D eigenvalue weighted by Gasteiger charge is -2.11. The third kappa shape index (κ3) is 3.86. The standard InChI is InChI=1S/C20H19N5O2S/c1-12-17(18(26)21-10-9-14-6-5-11-28-14)13(2)23-19(22-12)25-20-24-15-7-3-4-8-16(15)27-20/h3-8,11H,9-10H2,1-2H3,(H,21,26)(H,22,23,24,25). The highest BCUT2D eigenvalue weighted by Crippen LogP contribution is 2.21. The van der Waals surface area contributed by atoms with Gasteiger partial charge in [-0.2, -0.15) is 4.98 Å². The molecule has 0 fully saturated rings. The second kappa shape index (κ2) is 7.77. The van der Waals surface area contributed by atoms with E-state index in [0.29, 0.717) is 41.0 Å². The van der Waals surface area contributed by atoms with Crippen molar-refractivity contribution in [2.75, 3.05) is 11.9 Å². The predicted molar refractivity (Wildman–Crippen MR) is 109 cm³/mol. The number of nitrogens with zero attached hydrogens (tertiary/aromatic N) is 3. The number of hydrogen-bond acceptors (Lipinski definition) is 7. The van der Waals surface area contributed by atoms with Crippen molar-refractivity contribution in [1.29, 1.82) is 0 Å². The van der Waals surface area contributed by atoms with Crippen molar-refractivity contribution in [3.8, 4) is 0 Å². The van der Waals surface area contributed by atoms with Crippen LogP contribution in [0.5, 0.6) is 0 Å². The zero-order chi connectivity index (χ0) is 19.5. The lowest BCUT2D eigenvalue weighted by atomic mass is 10.1. The van der Waals surface area contributed by atoms with E-state index in [1.165, 1.54) is 4.88 Å². The van der Waals surface area contributed by atoms with Gasteiger partial charge in [0.25, 0.3) is 5.91 Å². The molecule has 7 nitrogen and oxygen atoms in total. The summed E-state index contributed by atoms with van der Waals surface area (Å²) in [6.45, 7) is 4.15. The molecule has 0 aliphatic heterocycles. The van der Waals surface area contributed by atoms with E-state index in [4.69, 9.17) is 4.42 Å². The van der Waals surface area contributed by atoms with Crippen LogP contribution < -0.4 is 10.6 Å². The van der Waals surface area contributed by atoms with Gasteiger partial charge in [-0.15, -0.1) is 11.3 Å². The van der Waals surface area contributed by atoms with Crippen molar-refractivity contribution in [3.63, 3.8) is 0 Å². The number of amides is 1. The van der Waals surface area contributed by atoms with Crippen LogP contribution in [0.3, 0.4) is 0 Å². The van der Waals surface area contributed by atoms with Crippen molar-refractivity contribution in [2.24, 2.45) is 0 Å². The maximum atomic E-state index is 12.6. The average molecular weight is 393 g/mol. The largest absolute Gasteiger partial charge is 0.423 e. The van der Waals surface area contributed by atoms with Crippen LogP contribution in [0.1, 0.15) is 26.6 Å². The predicted octanol–water partition coefficient (Wildman–Crippen LogP) is 4.01. The highest BCUT2D eigenvalue weighted by molar-refractivity contribution is 7.09. The summed E-state index contributed by atoms with van der Waals surface area (Å²) in [5.41, 5.74) is 3.12. The van der Waals surface area contributed by atoms with Gasteiger partial charge < -0.3 is 9.73 Å². The number of nitrogens with one attached hydrogen (secondary N) is 2. The van der Waals surface area contributed by atoms with E-state index in [2.05, 4.69) is 31.7 Å². The molecule has 142 valence electrons. The number of fused-ring (bicyclic) bond motifs is 1. The smallest absolute Gasteiger partial charge is 0.302 e. The Kier molecular flexibility index (Phi) is 5.03. The van der Waals surface area contributed by atoms with Gasteiger partial charge in [-0.3, -0.25) is 10.1 Å². The van der Waals surface area contributed by atoms with Gasteiger partial charge in [-0.25, -0.2) is 9.97 Å². The maximum absolute atomic E-state index is 12.6. The fourth-order valence-electron chi connectivity index (χ4n) is 2.96. The van der Waals surface area contributed by atoms with Crippen LogP contribution in [0.4, 0.5) is 12.0 Å². The molecule has 1 amide bonds. The molecule has 3 aromatic heterocycles.